The van der Waals surface area contributed by atoms with Crippen molar-refractivity contribution in [1.29, 1.82) is 0 Å². The third-order valence-corrected chi connectivity index (χ3v) is 10.3. The summed E-state index contributed by atoms with van der Waals surface area (Å²) < 4.78 is 0. The van der Waals surface area contributed by atoms with Crippen LogP contribution in [0.1, 0.15) is 5.56 Å². The lowest BCUT2D eigenvalue weighted by Crippen LogP contribution is -2.72. The number of hydrogen-bond acceptors (Lipinski definition) is 1. The zero-order valence-corrected chi connectivity index (χ0v) is 15.7. The van der Waals surface area contributed by atoms with Gasteiger partial charge in [0.2, 0.25) is 0 Å². The van der Waals surface area contributed by atoms with Gasteiger partial charge in [-0.3, -0.25) is 4.98 Å². The van der Waals surface area contributed by atoms with Crippen LogP contribution in [0, 0.1) is 6.92 Å². The highest BCUT2D eigenvalue weighted by molar-refractivity contribution is 7.22. The quantitative estimate of drug-likeness (QED) is 0.447. The molecular formula is C24H19NSi. The highest BCUT2D eigenvalue weighted by atomic mass is 28.3. The molecule has 0 aliphatic carbocycles. The minimum atomic E-state index is -2.32. The molecule has 0 N–H and O–H groups in total. The summed E-state index contributed by atoms with van der Waals surface area (Å²) in [7, 11) is -2.32. The maximum Gasteiger partial charge on any atom is 0.182 e. The first-order valence-corrected chi connectivity index (χ1v) is 11.0. The molecule has 3 aromatic carbocycles. The van der Waals surface area contributed by atoms with E-state index in [0.29, 0.717) is 0 Å². The molecule has 1 nitrogen and oxygen atoms in total. The first-order chi connectivity index (χ1) is 12.8. The van der Waals surface area contributed by atoms with Gasteiger partial charge in [-0.1, -0.05) is 91.0 Å². The number of pyridine rings is 1. The molecule has 26 heavy (non-hydrogen) atoms. The Kier molecular flexibility index (Phi) is 3.40. The second-order valence-electron chi connectivity index (χ2n) is 6.94. The summed E-state index contributed by atoms with van der Waals surface area (Å²) in [6.45, 7) is 2.14. The molecule has 1 aromatic heterocycles. The largest absolute Gasteiger partial charge is 0.256 e. The van der Waals surface area contributed by atoms with Crippen molar-refractivity contribution in [3.05, 3.63) is 103 Å². The average molecular weight is 350 g/mol. The van der Waals surface area contributed by atoms with Crippen molar-refractivity contribution in [2.45, 2.75) is 6.92 Å². The maximum atomic E-state index is 4.88. The molecule has 2 heterocycles. The number of nitrogens with zero attached hydrogens (tertiary/aromatic N) is 1. The first kappa shape index (κ1) is 15.3. The van der Waals surface area contributed by atoms with E-state index in [0.717, 1.165) is 5.69 Å². The summed E-state index contributed by atoms with van der Waals surface area (Å²) in [6, 6.07) is 33.3. The molecule has 0 saturated heterocycles. The topological polar surface area (TPSA) is 12.9 Å². The number of fused-ring (bicyclic) bond motifs is 3. The van der Waals surface area contributed by atoms with E-state index in [-0.39, 0.29) is 0 Å². The van der Waals surface area contributed by atoms with Crippen molar-refractivity contribution in [2.24, 2.45) is 0 Å². The van der Waals surface area contributed by atoms with Crippen LogP contribution in [0.25, 0.3) is 11.3 Å². The Labute approximate surface area is 155 Å². The Hall–Kier alpha value is -2.97. The van der Waals surface area contributed by atoms with Gasteiger partial charge in [0.05, 0.1) is 5.69 Å². The number of benzene rings is 3. The van der Waals surface area contributed by atoms with Crippen LogP contribution in [0.5, 0.6) is 0 Å². The van der Waals surface area contributed by atoms with E-state index in [9.17, 15) is 0 Å². The van der Waals surface area contributed by atoms with Crippen LogP contribution in [0.4, 0.5) is 0 Å². The lowest BCUT2D eigenvalue weighted by Gasteiger charge is -2.31. The molecule has 1 aliphatic heterocycles. The average Bonchev–Trinajstić information content (AvgIpc) is 3.00. The minimum absolute atomic E-state index is 1.16. The number of aryl methyl sites for hydroxylation is 1. The Balaban J connectivity index is 1.99. The molecular weight excluding hydrogens is 330 g/mol. The van der Waals surface area contributed by atoms with Crippen LogP contribution in [0.3, 0.4) is 0 Å². The molecule has 5 rings (SSSR count). The molecule has 4 aromatic rings. The maximum absolute atomic E-state index is 4.88. The lowest BCUT2D eigenvalue weighted by molar-refractivity contribution is 1.29. The van der Waals surface area contributed by atoms with Gasteiger partial charge in [0.1, 0.15) is 0 Å². The van der Waals surface area contributed by atoms with Gasteiger partial charge in [-0.15, -0.1) is 0 Å². The molecule has 0 atom stereocenters. The van der Waals surface area contributed by atoms with Crippen LogP contribution in [-0.4, -0.2) is 13.1 Å². The van der Waals surface area contributed by atoms with Crippen molar-refractivity contribution < 1.29 is 0 Å². The number of hydrogen-bond donors (Lipinski definition) is 0. The van der Waals surface area contributed by atoms with Gasteiger partial charge in [0, 0.05) is 11.8 Å². The molecule has 0 saturated carbocycles. The molecule has 0 unspecified atom stereocenters. The van der Waals surface area contributed by atoms with Crippen LogP contribution in [0.15, 0.2) is 97.2 Å². The molecule has 0 spiro atoms. The molecule has 1 aliphatic rings. The van der Waals surface area contributed by atoms with Gasteiger partial charge >= 0.3 is 0 Å². The number of aromatic nitrogens is 1. The smallest absolute Gasteiger partial charge is 0.182 e. The van der Waals surface area contributed by atoms with E-state index in [2.05, 4.69) is 97.9 Å². The van der Waals surface area contributed by atoms with Crippen molar-refractivity contribution in [2.75, 3.05) is 0 Å². The molecule has 0 bridgehead atoms. The van der Waals surface area contributed by atoms with Crippen molar-refractivity contribution in [3.8, 4) is 11.3 Å². The van der Waals surface area contributed by atoms with Crippen LogP contribution in [0.2, 0.25) is 0 Å². The van der Waals surface area contributed by atoms with Crippen LogP contribution >= 0.6 is 0 Å². The van der Waals surface area contributed by atoms with Gasteiger partial charge < -0.3 is 0 Å². The van der Waals surface area contributed by atoms with E-state index in [4.69, 9.17) is 4.98 Å². The lowest BCUT2D eigenvalue weighted by atomic mass is 10.1. The fourth-order valence-electron chi connectivity index (χ4n) is 4.40. The standard InChI is InChI=1S/C24H19NSi/c1-18-16-23-24(25-17-18)21-14-8-9-15-22(21)26(23,19-10-4-2-5-11-19)20-12-6-3-7-13-20/h2-17H,1H3. The molecule has 124 valence electrons. The minimum Gasteiger partial charge on any atom is -0.256 e. The first-order valence-electron chi connectivity index (χ1n) is 9.00. The second kappa shape index (κ2) is 5.79. The SMILES string of the molecule is Cc1cnc2c(c1)[Si](c1ccccc1)(c1ccccc1)c1ccccc1-2. The fourth-order valence-corrected chi connectivity index (χ4v) is 9.60. The van der Waals surface area contributed by atoms with Crippen LogP contribution < -0.4 is 20.7 Å². The second-order valence-corrected chi connectivity index (χ2v) is 10.7. The number of rotatable bonds is 2. The molecule has 0 fully saturated rings. The summed E-state index contributed by atoms with van der Waals surface area (Å²) in [5.74, 6) is 0. The third kappa shape index (κ3) is 1.99. The van der Waals surface area contributed by atoms with Crippen molar-refractivity contribution in [1.82, 2.24) is 4.98 Å². The van der Waals surface area contributed by atoms with Gasteiger partial charge in [0.15, 0.2) is 8.07 Å². The summed E-state index contributed by atoms with van der Waals surface area (Å²) in [5.41, 5.74) is 3.67. The predicted octanol–water partition coefficient (Wildman–Crippen LogP) is 2.75. The van der Waals surface area contributed by atoms with Crippen molar-refractivity contribution >= 4 is 28.8 Å². The fraction of sp³-hybridized carbons (Fsp3) is 0.0417. The summed E-state index contributed by atoms with van der Waals surface area (Å²) in [5, 5.41) is 5.70. The van der Waals surface area contributed by atoms with E-state index in [1.807, 2.05) is 6.20 Å². The molecule has 2 heteroatoms. The summed E-state index contributed by atoms with van der Waals surface area (Å²) in [6.07, 6.45) is 2.00. The summed E-state index contributed by atoms with van der Waals surface area (Å²) in [4.78, 5) is 4.88. The van der Waals surface area contributed by atoms with E-state index in [1.54, 1.807) is 0 Å². The van der Waals surface area contributed by atoms with E-state index < -0.39 is 8.07 Å². The monoisotopic (exact) mass is 349 g/mol. The van der Waals surface area contributed by atoms with Gasteiger partial charge in [-0.05, 0) is 33.2 Å². The molecule has 0 radical (unpaired) electrons. The van der Waals surface area contributed by atoms with Crippen molar-refractivity contribution in [3.63, 3.8) is 0 Å². The normalized spacial score (nSPS) is 13.9. The van der Waals surface area contributed by atoms with E-state index >= 15 is 0 Å². The third-order valence-electron chi connectivity index (χ3n) is 5.43. The Morgan fingerprint density at radius 3 is 1.88 bits per heavy atom. The Morgan fingerprint density at radius 2 is 1.23 bits per heavy atom. The van der Waals surface area contributed by atoms with Gasteiger partial charge in [-0.25, -0.2) is 0 Å². The highest BCUT2D eigenvalue weighted by Crippen LogP contribution is 2.26. The molecule has 0 amide bonds. The summed E-state index contributed by atoms with van der Waals surface area (Å²) >= 11 is 0. The highest BCUT2D eigenvalue weighted by Gasteiger charge is 2.49. The zero-order chi connectivity index (χ0) is 17.6. The van der Waals surface area contributed by atoms with Gasteiger partial charge in [-0.2, -0.15) is 0 Å². The van der Waals surface area contributed by atoms with Crippen LogP contribution in [-0.2, 0) is 0 Å². The Morgan fingerprint density at radius 1 is 0.654 bits per heavy atom. The zero-order valence-electron chi connectivity index (χ0n) is 14.7. The Bertz CT molecular complexity index is 1050. The van der Waals surface area contributed by atoms with E-state index in [1.165, 1.54) is 31.9 Å². The predicted molar refractivity (Wildman–Crippen MR) is 112 cm³/mol. The van der Waals surface area contributed by atoms with Gasteiger partial charge in [0.25, 0.3) is 0 Å².